The highest BCUT2D eigenvalue weighted by Gasteiger charge is 2.25. The number of aliphatic carboxylic acids is 1. The van der Waals surface area contributed by atoms with Gasteiger partial charge in [0.15, 0.2) is 11.6 Å². The number of rotatable bonds is 8. The summed E-state index contributed by atoms with van der Waals surface area (Å²) in [5, 5.41) is 22.0. The van der Waals surface area contributed by atoms with Gasteiger partial charge in [0.2, 0.25) is 5.95 Å². The molecule has 33 heavy (non-hydrogen) atoms. The number of carbonyl (C=O) groups is 1. The molecule has 1 heterocycles. The lowest BCUT2D eigenvalue weighted by atomic mass is 10.0. The van der Waals surface area contributed by atoms with Crippen molar-refractivity contribution in [3.8, 4) is 17.2 Å². The summed E-state index contributed by atoms with van der Waals surface area (Å²) in [5.74, 6) is -2.48. The number of carboxylic acid groups (broad SMARTS) is 1. The molecule has 0 saturated heterocycles. The molecule has 2 aromatic carbocycles. The van der Waals surface area contributed by atoms with Crippen LogP contribution in [0.2, 0.25) is 15.1 Å². The quantitative estimate of drug-likeness (QED) is 0.283. The zero-order chi connectivity index (χ0) is 24.3. The zero-order valence-corrected chi connectivity index (χ0v) is 19.8. The number of nitrogens with zero attached hydrogens (tertiary/aromatic N) is 1. The van der Waals surface area contributed by atoms with Crippen LogP contribution < -0.4 is 10.1 Å². The summed E-state index contributed by atoms with van der Waals surface area (Å²) in [6.45, 7) is 3.77. The lowest BCUT2D eigenvalue weighted by Crippen LogP contribution is -2.32. The number of aromatic nitrogens is 1. The lowest BCUT2D eigenvalue weighted by molar-refractivity contribution is -0.137. The van der Waals surface area contributed by atoms with Crippen molar-refractivity contribution in [2.24, 2.45) is 0 Å². The fraction of sp³-hybridized carbons (Fsp3) is 0.217. The standard InChI is InChI=1S/C23H20Cl3FN2O4/c1-11(2)14-10-13(7-8-17(14)30)33-20-18(25)21(27)29-22(19(20)26)28-16(23(31)32)9-12-5-3-4-6-15(12)24/h3-8,10-11,16,30H,9H2,1-2H3,(H,28,29)(H,31,32). The van der Waals surface area contributed by atoms with Crippen LogP contribution in [0.5, 0.6) is 17.2 Å². The largest absolute Gasteiger partial charge is 0.508 e. The maximum absolute atomic E-state index is 14.5. The molecule has 0 amide bonds. The second kappa shape index (κ2) is 10.5. The Labute approximate surface area is 204 Å². The number of carboxylic acids is 1. The molecule has 0 aliphatic rings. The van der Waals surface area contributed by atoms with E-state index in [1.54, 1.807) is 30.3 Å². The van der Waals surface area contributed by atoms with Crippen molar-refractivity contribution in [1.29, 1.82) is 0 Å². The zero-order valence-electron chi connectivity index (χ0n) is 17.6. The second-order valence-electron chi connectivity index (χ2n) is 7.52. The van der Waals surface area contributed by atoms with Gasteiger partial charge >= 0.3 is 5.97 Å². The number of nitrogens with one attached hydrogen (secondary N) is 1. The van der Waals surface area contributed by atoms with Gasteiger partial charge in [0.25, 0.3) is 0 Å². The van der Waals surface area contributed by atoms with E-state index in [0.717, 1.165) is 0 Å². The van der Waals surface area contributed by atoms with Gasteiger partial charge in [-0.2, -0.15) is 9.37 Å². The summed E-state index contributed by atoms with van der Waals surface area (Å²) in [6, 6.07) is 10.0. The molecule has 10 heteroatoms. The van der Waals surface area contributed by atoms with E-state index in [4.69, 9.17) is 39.5 Å². The molecule has 3 N–H and O–H groups in total. The Morgan fingerprint density at radius 3 is 2.48 bits per heavy atom. The first kappa shape index (κ1) is 24.9. The maximum atomic E-state index is 14.5. The lowest BCUT2D eigenvalue weighted by Gasteiger charge is -2.19. The molecule has 0 saturated carbocycles. The highest BCUT2D eigenvalue weighted by Crippen LogP contribution is 2.42. The SMILES string of the molecule is CC(C)c1cc(Oc2c(Cl)c(F)nc(NC(Cc3ccccc3Cl)C(=O)O)c2Cl)ccc1O. The molecule has 174 valence electrons. The van der Waals surface area contributed by atoms with Crippen LogP contribution in [0.3, 0.4) is 0 Å². The van der Waals surface area contributed by atoms with E-state index in [-0.39, 0.29) is 40.4 Å². The van der Waals surface area contributed by atoms with Crippen LogP contribution in [0, 0.1) is 5.95 Å². The Morgan fingerprint density at radius 2 is 1.85 bits per heavy atom. The predicted octanol–water partition coefficient (Wildman–Crippen LogP) is 6.91. The van der Waals surface area contributed by atoms with E-state index < -0.39 is 23.0 Å². The number of aromatic hydroxyl groups is 1. The average molecular weight is 514 g/mol. The Hall–Kier alpha value is -2.74. The molecule has 0 spiro atoms. The number of pyridine rings is 1. The summed E-state index contributed by atoms with van der Waals surface area (Å²) in [4.78, 5) is 15.5. The van der Waals surface area contributed by atoms with Crippen molar-refractivity contribution >= 4 is 46.6 Å². The number of phenolic OH excluding ortho intramolecular Hbond substituents is 1. The average Bonchev–Trinajstić information content (AvgIpc) is 2.76. The third kappa shape index (κ3) is 5.79. The summed E-state index contributed by atoms with van der Waals surface area (Å²) in [7, 11) is 0. The van der Waals surface area contributed by atoms with Gasteiger partial charge in [0.05, 0.1) is 0 Å². The van der Waals surface area contributed by atoms with Crippen molar-refractivity contribution < 1.29 is 24.1 Å². The smallest absolute Gasteiger partial charge is 0.326 e. The monoisotopic (exact) mass is 512 g/mol. The second-order valence-corrected chi connectivity index (χ2v) is 8.68. The summed E-state index contributed by atoms with van der Waals surface area (Å²) in [6.07, 6.45) is -0.0108. The molecule has 0 fully saturated rings. The molecule has 0 bridgehead atoms. The molecule has 6 nitrogen and oxygen atoms in total. The topological polar surface area (TPSA) is 91.7 Å². The number of benzene rings is 2. The van der Waals surface area contributed by atoms with E-state index in [2.05, 4.69) is 10.3 Å². The minimum atomic E-state index is -1.22. The molecule has 0 aliphatic carbocycles. The van der Waals surface area contributed by atoms with E-state index in [1.807, 2.05) is 13.8 Å². The van der Waals surface area contributed by atoms with Crippen molar-refractivity contribution in [3.05, 3.63) is 74.6 Å². The van der Waals surface area contributed by atoms with Crippen molar-refractivity contribution in [2.45, 2.75) is 32.2 Å². The number of anilines is 1. The van der Waals surface area contributed by atoms with Crippen molar-refractivity contribution in [1.82, 2.24) is 4.98 Å². The van der Waals surface area contributed by atoms with Crippen LogP contribution in [0.4, 0.5) is 10.2 Å². The number of hydrogen-bond acceptors (Lipinski definition) is 5. The first-order chi connectivity index (χ1) is 15.6. The minimum absolute atomic E-state index is 0.00738. The van der Waals surface area contributed by atoms with Crippen LogP contribution >= 0.6 is 34.8 Å². The van der Waals surface area contributed by atoms with Gasteiger partial charge in [0, 0.05) is 17.0 Å². The van der Waals surface area contributed by atoms with Gasteiger partial charge in [-0.05, 0) is 35.7 Å². The molecular formula is C23H20Cl3FN2O4. The van der Waals surface area contributed by atoms with Crippen molar-refractivity contribution in [2.75, 3.05) is 5.32 Å². The van der Waals surface area contributed by atoms with Gasteiger partial charge in [-0.15, -0.1) is 0 Å². The fourth-order valence-electron chi connectivity index (χ4n) is 3.10. The molecule has 3 rings (SSSR count). The van der Waals surface area contributed by atoms with E-state index in [0.29, 0.717) is 16.1 Å². The number of hydrogen-bond donors (Lipinski definition) is 3. The highest BCUT2D eigenvalue weighted by atomic mass is 35.5. The minimum Gasteiger partial charge on any atom is -0.508 e. The van der Waals surface area contributed by atoms with Gasteiger partial charge in [-0.1, -0.05) is 66.8 Å². The fourth-order valence-corrected chi connectivity index (χ4v) is 3.77. The number of halogens is 4. The van der Waals surface area contributed by atoms with Crippen LogP contribution in [-0.2, 0) is 11.2 Å². The van der Waals surface area contributed by atoms with Gasteiger partial charge < -0.3 is 20.3 Å². The predicted molar refractivity (Wildman–Crippen MR) is 127 cm³/mol. The van der Waals surface area contributed by atoms with Gasteiger partial charge in [0.1, 0.15) is 27.6 Å². The highest BCUT2D eigenvalue weighted by molar-refractivity contribution is 6.38. The molecule has 1 unspecified atom stereocenters. The summed E-state index contributed by atoms with van der Waals surface area (Å²) in [5.41, 5.74) is 1.18. The molecule has 1 aromatic heterocycles. The van der Waals surface area contributed by atoms with E-state index >= 15 is 0 Å². The Morgan fingerprint density at radius 1 is 1.15 bits per heavy atom. The summed E-state index contributed by atoms with van der Waals surface area (Å²) >= 11 is 18.6. The first-order valence-corrected chi connectivity index (χ1v) is 11.0. The van der Waals surface area contributed by atoms with Gasteiger partial charge in [-0.25, -0.2) is 4.79 Å². The van der Waals surface area contributed by atoms with Gasteiger partial charge in [-0.3, -0.25) is 0 Å². The normalized spacial score (nSPS) is 12.0. The van der Waals surface area contributed by atoms with E-state index in [9.17, 15) is 19.4 Å². The third-order valence-corrected chi connectivity index (χ3v) is 5.88. The molecule has 1 atom stereocenters. The van der Waals surface area contributed by atoms with Crippen LogP contribution in [0.1, 0.15) is 30.9 Å². The molecule has 0 radical (unpaired) electrons. The first-order valence-electron chi connectivity index (χ1n) is 9.86. The number of ether oxygens (including phenoxy) is 1. The Kier molecular flexibility index (Phi) is 7.89. The van der Waals surface area contributed by atoms with Crippen LogP contribution in [0.25, 0.3) is 0 Å². The maximum Gasteiger partial charge on any atom is 0.326 e. The van der Waals surface area contributed by atoms with Crippen LogP contribution in [-0.4, -0.2) is 27.2 Å². The third-order valence-electron chi connectivity index (χ3n) is 4.83. The molecule has 0 aliphatic heterocycles. The Balaban J connectivity index is 1.95. The van der Waals surface area contributed by atoms with Crippen LogP contribution in [0.15, 0.2) is 42.5 Å². The number of phenols is 1. The van der Waals surface area contributed by atoms with Crippen molar-refractivity contribution in [3.63, 3.8) is 0 Å². The summed E-state index contributed by atoms with van der Waals surface area (Å²) < 4.78 is 20.2. The molecular weight excluding hydrogens is 494 g/mol. The van der Waals surface area contributed by atoms with E-state index in [1.165, 1.54) is 12.1 Å². The molecule has 3 aromatic rings. The Bertz CT molecular complexity index is 1190.